The van der Waals surface area contributed by atoms with Crippen LogP contribution in [-0.2, 0) is 25.7 Å². The molecule has 5 N–H and O–H groups in total. The first kappa shape index (κ1) is 27.8. The van der Waals surface area contributed by atoms with Crippen molar-refractivity contribution in [3.8, 4) is 0 Å². The highest BCUT2D eigenvalue weighted by Gasteiger charge is 2.29. The van der Waals surface area contributed by atoms with Gasteiger partial charge in [0, 0.05) is 45.1 Å². The molecule has 0 aromatic heterocycles. The van der Waals surface area contributed by atoms with Crippen LogP contribution in [-0.4, -0.2) is 85.2 Å². The lowest BCUT2D eigenvalue weighted by Crippen LogP contribution is -2.50. The van der Waals surface area contributed by atoms with Crippen molar-refractivity contribution in [1.29, 1.82) is 0 Å². The summed E-state index contributed by atoms with van der Waals surface area (Å²) in [4.78, 5) is 54.9. The van der Waals surface area contributed by atoms with Gasteiger partial charge in [-0.1, -0.05) is 37.3 Å². The molecule has 0 aliphatic carbocycles. The van der Waals surface area contributed by atoms with Gasteiger partial charge in [0.05, 0.1) is 6.54 Å². The van der Waals surface area contributed by atoms with Crippen molar-refractivity contribution in [3.05, 3.63) is 35.9 Å². The number of hydrogen-bond acceptors (Lipinski definition) is 8. The van der Waals surface area contributed by atoms with Crippen LogP contribution in [0.3, 0.4) is 0 Å². The molecule has 0 bridgehead atoms. The van der Waals surface area contributed by atoms with E-state index in [4.69, 9.17) is 4.74 Å². The normalized spacial score (nSPS) is 17.1. The number of carbonyl (C=O) groups is 4. The minimum absolute atomic E-state index is 0.00442. The summed E-state index contributed by atoms with van der Waals surface area (Å²) in [5.41, 5.74) is 0.769. The number of ether oxygens (including phenoxy) is 1. The summed E-state index contributed by atoms with van der Waals surface area (Å²) in [5.74, 6) is -0.932. The fraction of sp³-hybridized carbons (Fsp3) is 0.560. The molecule has 0 radical (unpaired) electrons. The van der Waals surface area contributed by atoms with Crippen molar-refractivity contribution in [2.75, 3.05) is 39.3 Å². The van der Waals surface area contributed by atoms with E-state index in [1.807, 2.05) is 13.0 Å². The Kier molecular flexibility index (Phi) is 10.5. The average Bonchev–Trinajstić information content (AvgIpc) is 3.43. The van der Waals surface area contributed by atoms with E-state index >= 15 is 0 Å². The largest absolute Gasteiger partial charge is 0.480 e. The van der Waals surface area contributed by atoms with Crippen LogP contribution in [0.2, 0.25) is 0 Å². The Morgan fingerprint density at radius 3 is 2.54 bits per heavy atom. The van der Waals surface area contributed by atoms with E-state index in [9.17, 15) is 24.3 Å². The predicted molar refractivity (Wildman–Crippen MR) is 136 cm³/mol. The molecule has 202 valence electrons. The van der Waals surface area contributed by atoms with Crippen LogP contribution in [0.5, 0.6) is 0 Å². The molecule has 3 rings (SSSR count). The molecule has 2 heterocycles. The van der Waals surface area contributed by atoms with Crippen LogP contribution in [0.25, 0.3) is 0 Å². The second kappa shape index (κ2) is 14.0. The van der Waals surface area contributed by atoms with Crippen LogP contribution in [0.1, 0.15) is 31.7 Å². The van der Waals surface area contributed by atoms with E-state index in [1.165, 1.54) is 0 Å². The number of aliphatic carboxylic acids is 1. The zero-order chi connectivity index (χ0) is 26.6. The Bertz CT molecular complexity index is 964. The number of piperidine rings is 1. The van der Waals surface area contributed by atoms with Crippen molar-refractivity contribution < 1.29 is 29.0 Å². The van der Waals surface area contributed by atoms with E-state index in [2.05, 4.69) is 26.3 Å². The van der Waals surface area contributed by atoms with Crippen LogP contribution in [0.4, 0.5) is 4.79 Å². The topological polar surface area (TPSA) is 161 Å². The number of nitrogens with zero attached hydrogens (tertiary/aromatic N) is 2. The van der Waals surface area contributed by atoms with Gasteiger partial charge >= 0.3 is 12.1 Å². The molecule has 12 nitrogen and oxygen atoms in total. The average molecular weight is 517 g/mol. The number of amides is 3. The predicted octanol–water partition coefficient (Wildman–Crippen LogP) is 0.296. The Morgan fingerprint density at radius 1 is 1.16 bits per heavy atom. The Morgan fingerprint density at radius 2 is 1.89 bits per heavy atom. The van der Waals surface area contributed by atoms with Crippen molar-refractivity contribution >= 4 is 29.8 Å². The number of guanidine groups is 1. The molecule has 0 spiro atoms. The van der Waals surface area contributed by atoms with E-state index in [1.54, 1.807) is 29.2 Å². The monoisotopic (exact) mass is 516 g/mol. The zero-order valence-corrected chi connectivity index (χ0v) is 21.1. The van der Waals surface area contributed by atoms with Gasteiger partial charge in [0.1, 0.15) is 12.6 Å². The highest BCUT2D eigenvalue weighted by Crippen LogP contribution is 2.19. The fourth-order valence-electron chi connectivity index (χ4n) is 4.13. The van der Waals surface area contributed by atoms with E-state index in [0.29, 0.717) is 38.9 Å². The van der Waals surface area contributed by atoms with Crippen molar-refractivity contribution in [2.24, 2.45) is 16.8 Å². The number of nitrogens with one attached hydrogen (secondary N) is 4. The van der Waals surface area contributed by atoms with Crippen LogP contribution >= 0.6 is 0 Å². The summed E-state index contributed by atoms with van der Waals surface area (Å²) >= 11 is 0. The summed E-state index contributed by atoms with van der Waals surface area (Å²) in [6.45, 7) is 4.91. The van der Waals surface area contributed by atoms with Crippen LogP contribution in [0, 0.1) is 11.8 Å². The molecular weight excluding hydrogens is 480 g/mol. The van der Waals surface area contributed by atoms with Gasteiger partial charge in [-0.15, -0.1) is 0 Å². The first-order chi connectivity index (χ1) is 17.8. The van der Waals surface area contributed by atoms with Gasteiger partial charge in [-0.3, -0.25) is 14.6 Å². The fourth-order valence-corrected chi connectivity index (χ4v) is 4.13. The van der Waals surface area contributed by atoms with Gasteiger partial charge in [0.15, 0.2) is 5.96 Å². The summed E-state index contributed by atoms with van der Waals surface area (Å²) in [5, 5.41) is 20.6. The number of likely N-dealkylation sites (tertiary alicyclic amines) is 1. The Balaban J connectivity index is 1.34. The summed E-state index contributed by atoms with van der Waals surface area (Å²) in [6.07, 6.45) is 0.516. The van der Waals surface area contributed by atoms with Crippen molar-refractivity contribution in [1.82, 2.24) is 26.2 Å². The Hall–Kier alpha value is -3.83. The van der Waals surface area contributed by atoms with Crippen LogP contribution in [0.15, 0.2) is 35.3 Å². The van der Waals surface area contributed by atoms with Crippen molar-refractivity contribution in [2.45, 2.75) is 38.8 Å². The smallest absolute Gasteiger partial charge is 0.408 e. The first-order valence-electron chi connectivity index (χ1n) is 12.6. The molecule has 1 unspecified atom stereocenters. The Labute approximate surface area is 216 Å². The van der Waals surface area contributed by atoms with Gasteiger partial charge in [0.25, 0.3) is 0 Å². The second-order valence-corrected chi connectivity index (χ2v) is 9.34. The second-order valence-electron chi connectivity index (χ2n) is 9.34. The third-order valence-electron chi connectivity index (χ3n) is 6.32. The molecule has 2 atom stereocenters. The third kappa shape index (κ3) is 9.28. The zero-order valence-electron chi connectivity index (χ0n) is 21.1. The molecular formula is C25H36N6O6. The number of aliphatic imine (C=N–C) groups is 1. The molecule has 1 saturated heterocycles. The lowest BCUT2D eigenvalue weighted by atomic mass is 9.95. The molecule has 1 aromatic carbocycles. The molecule has 0 saturated carbocycles. The van der Waals surface area contributed by atoms with E-state index < -0.39 is 18.1 Å². The van der Waals surface area contributed by atoms with Gasteiger partial charge < -0.3 is 36.0 Å². The minimum atomic E-state index is -1.32. The maximum atomic E-state index is 12.7. The van der Waals surface area contributed by atoms with E-state index in [0.717, 1.165) is 24.6 Å². The number of carbonyl (C=O) groups excluding carboxylic acids is 3. The molecule has 3 amide bonds. The summed E-state index contributed by atoms with van der Waals surface area (Å²) in [7, 11) is 0. The molecule has 1 aromatic rings. The minimum Gasteiger partial charge on any atom is -0.480 e. The molecule has 12 heteroatoms. The van der Waals surface area contributed by atoms with Gasteiger partial charge in [0.2, 0.25) is 11.8 Å². The van der Waals surface area contributed by atoms with Crippen LogP contribution < -0.4 is 21.3 Å². The van der Waals surface area contributed by atoms with Gasteiger partial charge in [-0.2, -0.15) is 0 Å². The lowest BCUT2D eigenvalue weighted by molar-refractivity contribution is -0.140. The standard InChI is InChI=1S/C25H36N6O6/c1-17(14-29-24-26-9-10-27-24)13-21(32)31-11-7-19(8-12-31)22(33)28-15-20(23(34)35)30-25(36)37-16-18-5-3-2-4-6-18/h2-6,17,19-20H,7-16H2,1H3,(H,28,33)(H,30,36)(H,34,35)(H2,26,27,29)/t17?,20-/m1/s1. The number of hydrogen-bond donors (Lipinski definition) is 5. The quantitative estimate of drug-likeness (QED) is 0.281. The summed E-state index contributed by atoms with van der Waals surface area (Å²) < 4.78 is 5.06. The number of carboxylic acids is 1. The highest BCUT2D eigenvalue weighted by atomic mass is 16.5. The SMILES string of the molecule is CC(CNC1=NCCN1)CC(=O)N1CCC(C(=O)NC[C@@H](NC(=O)OCc2ccccc2)C(=O)O)CC1. The molecule has 2 aliphatic heterocycles. The number of alkyl carbamates (subject to hydrolysis) is 1. The number of rotatable bonds is 11. The van der Waals surface area contributed by atoms with E-state index in [-0.39, 0.29) is 36.8 Å². The molecule has 1 fully saturated rings. The lowest BCUT2D eigenvalue weighted by Gasteiger charge is -2.32. The maximum Gasteiger partial charge on any atom is 0.408 e. The maximum absolute atomic E-state index is 12.7. The molecule has 37 heavy (non-hydrogen) atoms. The van der Waals surface area contributed by atoms with Gasteiger partial charge in [-0.05, 0) is 24.3 Å². The van der Waals surface area contributed by atoms with Crippen molar-refractivity contribution in [3.63, 3.8) is 0 Å². The molecule has 2 aliphatic rings. The highest BCUT2D eigenvalue weighted by molar-refractivity contribution is 5.83. The number of benzene rings is 1. The number of carboxylic acid groups (broad SMARTS) is 1. The third-order valence-corrected chi connectivity index (χ3v) is 6.32. The summed E-state index contributed by atoms with van der Waals surface area (Å²) in [6, 6.07) is 7.68. The first-order valence-corrected chi connectivity index (χ1v) is 12.6. The van der Waals surface area contributed by atoms with Gasteiger partial charge in [-0.25, -0.2) is 9.59 Å².